The van der Waals surface area contributed by atoms with E-state index < -0.39 is 27.4 Å². The zero-order valence-corrected chi connectivity index (χ0v) is 23.1. The lowest BCUT2D eigenvalue weighted by molar-refractivity contribution is -0.128. The van der Waals surface area contributed by atoms with Crippen LogP contribution in [0.25, 0.3) is 11.3 Å². The van der Waals surface area contributed by atoms with Crippen LogP contribution in [0.1, 0.15) is 70.4 Å². The van der Waals surface area contributed by atoms with Gasteiger partial charge in [0.1, 0.15) is 11.7 Å². The van der Waals surface area contributed by atoms with Crippen molar-refractivity contribution in [1.29, 1.82) is 10.0 Å². The molecule has 2 N–H and O–H groups in total. The highest BCUT2D eigenvalue weighted by Gasteiger charge is 2.48. The predicted octanol–water partition coefficient (Wildman–Crippen LogP) is 4.90. The number of nitrogens with zero attached hydrogens (tertiary/aromatic N) is 3. The lowest BCUT2D eigenvalue weighted by Gasteiger charge is -2.32. The molecule has 0 spiro atoms. The summed E-state index contributed by atoms with van der Waals surface area (Å²) in [4.78, 5) is 20.4. The van der Waals surface area contributed by atoms with Gasteiger partial charge >= 0.3 is 0 Å². The third kappa shape index (κ3) is 5.44. The van der Waals surface area contributed by atoms with Crippen LogP contribution in [0.2, 0.25) is 0 Å². The van der Waals surface area contributed by atoms with Gasteiger partial charge in [-0.15, -0.1) is 0 Å². The molecule has 2 aliphatic carbocycles. The number of amides is 1. The summed E-state index contributed by atoms with van der Waals surface area (Å²) in [5.74, 6) is 0.648. The first-order valence-electron chi connectivity index (χ1n) is 13.4. The van der Waals surface area contributed by atoms with Crippen LogP contribution in [-0.4, -0.2) is 51.4 Å². The van der Waals surface area contributed by atoms with Crippen LogP contribution < -0.4 is 10.2 Å². The summed E-state index contributed by atoms with van der Waals surface area (Å²) in [5.41, 5.74) is 1.31. The number of halogens is 1. The highest BCUT2D eigenvalue weighted by atomic mass is 32.2. The SMILES string of the molecule is CC(C)(C)c1nc([C@@H]2CC[C@H](F)C[C@H]2C(=O)NC2(C#N)CC2)c(-c2ccc(N3CCS(=N)(=O)CC3)cc2)o1. The van der Waals surface area contributed by atoms with Crippen LogP contribution in [0.15, 0.2) is 28.7 Å². The summed E-state index contributed by atoms with van der Waals surface area (Å²) in [6.07, 6.45) is 1.10. The second kappa shape index (κ2) is 9.67. The molecule has 1 aromatic carbocycles. The van der Waals surface area contributed by atoms with Gasteiger partial charge in [0, 0.05) is 62.8 Å². The topological polar surface area (TPSA) is 123 Å². The van der Waals surface area contributed by atoms with E-state index in [1.165, 1.54) is 0 Å². The summed E-state index contributed by atoms with van der Waals surface area (Å²) in [7, 11) is -2.47. The van der Waals surface area contributed by atoms with Gasteiger partial charge in [0.2, 0.25) is 11.8 Å². The van der Waals surface area contributed by atoms with Crippen LogP contribution in [0, 0.1) is 22.0 Å². The Labute approximate surface area is 224 Å². The first kappa shape index (κ1) is 26.7. The van der Waals surface area contributed by atoms with Crippen molar-refractivity contribution in [2.45, 2.75) is 75.9 Å². The minimum absolute atomic E-state index is 0.0995. The van der Waals surface area contributed by atoms with E-state index in [2.05, 4.69) is 16.3 Å². The van der Waals surface area contributed by atoms with Crippen molar-refractivity contribution >= 4 is 21.3 Å². The van der Waals surface area contributed by atoms with E-state index in [0.717, 1.165) is 11.3 Å². The van der Waals surface area contributed by atoms with Gasteiger partial charge in [0.25, 0.3) is 0 Å². The number of carbonyl (C=O) groups excluding carboxylic acids is 1. The Bertz CT molecular complexity index is 1340. The van der Waals surface area contributed by atoms with E-state index >= 15 is 0 Å². The fraction of sp³-hybridized carbons (Fsp3) is 0.607. The van der Waals surface area contributed by atoms with Crippen molar-refractivity contribution in [1.82, 2.24) is 10.3 Å². The summed E-state index contributed by atoms with van der Waals surface area (Å²) < 4.78 is 40.8. The molecule has 8 nitrogen and oxygen atoms in total. The van der Waals surface area contributed by atoms with Gasteiger partial charge < -0.3 is 14.6 Å². The zero-order valence-electron chi connectivity index (χ0n) is 22.3. The Hall–Kier alpha value is -2.93. The summed E-state index contributed by atoms with van der Waals surface area (Å²) in [6, 6.07) is 10.1. The lowest BCUT2D eigenvalue weighted by Crippen LogP contribution is -2.44. The van der Waals surface area contributed by atoms with Crippen molar-refractivity contribution in [3.05, 3.63) is 35.9 Å². The molecule has 38 heavy (non-hydrogen) atoms. The third-order valence-corrected chi connectivity index (χ3v) is 9.66. The molecule has 2 aromatic rings. The van der Waals surface area contributed by atoms with Crippen LogP contribution in [0.5, 0.6) is 0 Å². The highest BCUT2D eigenvalue weighted by Crippen LogP contribution is 2.45. The normalized spacial score (nSPS) is 26.4. The van der Waals surface area contributed by atoms with Crippen molar-refractivity contribution in [3.63, 3.8) is 0 Å². The molecule has 10 heteroatoms. The largest absolute Gasteiger partial charge is 0.440 e. The second-order valence-electron chi connectivity index (χ2n) is 12.0. The van der Waals surface area contributed by atoms with Crippen molar-refractivity contribution in [2.24, 2.45) is 5.92 Å². The maximum absolute atomic E-state index is 14.6. The molecule has 1 aromatic heterocycles. The first-order chi connectivity index (χ1) is 17.9. The standard InChI is InChI=1S/C28H36FN5O3S/c1-27(2,3)26-32-23(21-9-6-19(29)16-22(21)25(35)33-28(17-30)10-11-28)24(37-26)18-4-7-20(8-5-18)34-12-14-38(31,36)15-13-34/h4-5,7-8,19,21-22,31H,6,9-16H2,1-3H3,(H,33,35)/t19-,21+,22+/m0/s1. The maximum Gasteiger partial charge on any atom is 0.225 e. The van der Waals surface area contributed by atoms with Crippen LogP contribution in [0.4, 0.5) is 10.1 Å². The Morgan fingerprint density at radius 1 is 1.24 bits per heavy atom. The molecule has 1 aliphatic heterocycles. The number of carbonyl (C=O) groups is 1. The van der Waals surface area contributed by atoms with Crippen molar-refractivity contribution in [2.75, 3.05) is 29.5 Å². The van der Waals surface area contributed by atoms with Crippen molar-refractivity contribution < 1.29 is 17.8 Å². The molecule has 0 unspecified atom stereocenters. The van der Waals surface area contributed by atoms with Crippen LogP contribution in [-0.2, 0) is 19.9 Å². The van der Waals surface area contributed by atoms with Gasteiger partial charge in [-0.3, -0.25) is 9.57 Å². The quantitative estimate of drug-likeness (QED) is 0.555. The summed E-state index contributed by atoms with van der Waals surface area (Å²) >= 11 is 0. The average molecular weight is 542 g/mol. The molecular weight excluding hydrogens is 505 g/mol. The number of aromatic nitrogens is 1. The van der Waals surface area contributed by atoms with E-state index in [1.54, 1.807) is 0 Å². The monoisotopic (exact) mass is 541 g/mol. The molecule has 3 aliphatic rings. The number of hydrogen-bond donors (Lipinski definition) is 2. The molecule has 2 saturated carbocycles. The zero-order chi connectivity index (χ0) is 27.3. The van der Waals surface area contributed by atoms with Crippen molar-refractivity contribution in [3.8, 4) is 17.4 Å². The summed E-state index contributed by atoms with van der Waals surface area (Å²) in [6.45, 7) is 7.21. The number of anilines is 1. The van der Waals surface area contributed by atoms with E-state index in [-0.39, 0.29) is 23.7 Å². The summed E-state index contributed by atoms with van der Waals surface area (Å²) in [5, 5.41) is 12.4. The Balaban J connectivity index is 1.47. The van der Waals surface area contributed by atoms with E-state index in [9.17, 15) is 18.7 Å². The molecule has 2 heterocycles. The van der Waals surface area contributed by atoms with Gasteiger partial charge in [0.15, 0.2) is 5.76 Å². The molecule has 0 radical (unpaired) electrons. The molecule has 5 rings (SSSR count). The number of nitrogens with one attached hydrogen (secondary N) is 2. The molecule has 1 amide bonds. The molecule has 3 atom stereocenters. The number of hydrogen-bond acceptors (Lipinski definition) is 7. The number of rotatable bonds is 5. The van der Waals surface area contributed by atoms with E-state index in [4.69, 9.17) is 14.2 Å². The number of benzene rings is 1. The van der Waals surface area contributed by atoms with Gasteiger partial charge in [-0.1, -0.05) is 20.8 Å². The fourth-order valence-corrected chi connectivity index (χ4v) is 6.61. The second-order valence-corrected chi connectivity index (χ2v) is 14.5. The lowest BCUT2D eigenvalue weighted by atomic mass is 9.75. The van der Waals surface area contributed by atoms with Crippen LogP contribution in [0.3, 0.4) is 0 Å². The minimum Gasteiger partial charge on any atom is -0.440 e. The average Bonchev–Trinajstić information content (AvgIpc) is 3.49. The minimum atomic E-state index is -2.47. The van der Waals surface area contributed by atoms with Gasteiger partial charge in [-0.05, 0) is 56.4 Å². The first-order valence-corrected chi connectivity index (χ1v) is 15.3. The Morgan fingerprint density at radius 3 is 2.47 bits per heavy atom. The Kier molecular flexibility index (Phi) is 6.79. The Morgan fingerprint density at radius 2 is 1.89 bits per heavy atom. The molecule has 3 fully saturated rings. The molecule has 1 saturated heterocycles. The number of oxazole rings is 1. The van der Waals surface area contributed by atoms with Gasteiger partial charge in [-0.25, -0.2) is 13.6 Å². The highest BCUT2D eigenvalue weighted by molar-refractivity contribution is 7.92. The fourth-order valence-electron chi connectivity index (χ4n) is 5.38. The predicted molar refractivity (Wildman–Crippen MR) is 144 cm³/mol. The third-order valence-electron chi connectivity index (χ3n) is 7.97. The maximum atomic E-state index is 14.6. The van der Waals surface area contributed by atoms with Gasteiger partial charge in [-0.2, -0.15) is 5.26 Å². The smallest absolute Gasteiger partial charge is 0.225 e. The molecule has 0 bridgehead atoms. The molecular formula is C28H36FN5O3S. The number of alkyl halides is 1. The van der Waals surface area contributed by atoms with E-state index in [1.807, 2.05) is 45.0 Å². The van der Waals surface area contributed by atoms with Gasteiger partial charge in [0.05, 0.1) is 11.8 Å². The van der Waals surface area contributed by atoms with E-state index in [0.29, 0.717) is 67.6 Å². The van der Waals surface area contributed by atoms with Crippen LogP contribution >= 0.6 is 0 Å². The number of nitriles is 1. The molecule has 204 valence electrons.